The number of sulfonamides is 1. The number of rotatable bonds is 11. The Hall–Kier alpha value is -0.790. The van der Waals surface area contributed by atoms with Gasteiger partial charge in [-0.3, -0.25) is 0 Å². The van der Waals surface area contributed by atoms with Crippen molar-refractivity contribution in [3.8, 4) is 0 Å². The molecule has 0 aliphatic rings. The fourth-order valence-corrected chi connectivity index (χ4v) is 3.35. The van der Waals surface area contributed by atoms with Crippen molar-refractivity contribution in [1.29, 1.82) is 0 Å². The molecule has 1 rings (SSSR count). The van der Waals surface area contributed by atoms with E-state index in [1.807, 2.05) is 18.7 Å². The summed E-state index contributed by atoms with van der Waals surface area (Å²) in [6.07, 6.45) is 7.60. The van der Waals surface area contributed by atoms with Crippen molar-refractivity contribution in [3.05, 3.63) is 18.3 Å². The first-order valence-corrected chi connectivity index (χ1v) is 10.2. The van der Waals surface area contributed by atoms with E-state index in [4.69, 9.17) is 0 Å². The average Bonchev–Trinajstić information content (AvgIpc) is 2.49. The van der Waals surface area contributed by atoms with E-state index >= 15 is 0 Å². The van der Waals surface area contributed by atoms with Crippen LogP contribution < -0.4 is 10.0 Å². The van der Waals surface area contributed by atoms with E-state index in [2.05, 4.69) is 21.3 Å². The lowest BCUT2D eigenvalue weighted by Gasteiger charge is -2.09. The number of pyridine rings is 1. The van der Waals surface area contributed by atoms with E-state index in [1.165, 1.54) is 12.3 Å². The third-order valence-corrected chi connectivity index (χ3v) is 5.07. The maximum absolute atomic E-state index is 12.2. The minimum Gasteiger partial charge on any atom is -0.370 e. The maximum atomic E-state index is 12.2. The topological polar surface area (TPSA) is 71.1 Å². The van der Waals surface area contributed by atoms with Gasteiger partial charge in [0, 0.05) is 25.4 Å². The van der Waals surface area contributed by atoms with Gasteiger partial charge in [0.05, 0.1) is 4.90 Å². The van der Waals surface area contributed by atoms with Crippen LogP contribution in [0.5, 0.6) is 0 Å². The first-order valence-electron chi connectivity index (χ1n) is 7.28. The van der Waals surface area contributed by atoms with Gasteiger partial charge in [-0.2, -0.15) is 11.8 Å². The Morgan fingerprint density at radius 1 is 1.24 bits per heavy atom. The lowest BCUT2D eigenvalue weighted by Crippen LogP contribution is -2.25. The van der Waals surface area contributed by atoms with Crippen LogP contribution in [-0.4, -0.2) is 38.5 Å². The molecule has 0 bridgehead atoms. The molecule has 1 heterocycles. The van der Waals surface area contributed by atoms with Crippen LogP contribution in [0, 0.1) is 0 Å². The van der Waals surface area contributed by atoms with Crippen LogP contribution in [0.3, 0.4) is 0 Å². The molecular weight excluding hydrogens is 306 g/mol. The second-order valence-electron chi connectivity index (χ2n) is 4.75. The molecule has 120 valence electrons. The van der Waals surface area contributed by atoms with E-state index < -0.39 is 10.0 Å². The number of hydrogen-bond donors (Lipinski definition) is 2. The summed E-state index contributed by atoms with van der Waals surface area (Å²) in [5.41, 5.74) is 0. The highest BCUT2D eigenvalue weighted by Crippen LogP contribution is 2.12. The lowest BCUT2D eigenvalue weighted by molar-refractivity contribution is 0.576. The van der Waals surface area contributed by atoms with E-state index in [0.717, 1.165) is 38.0 Å². The van der Waals surface area contributed by atoms with Crippen molar-refractivity contribution in [2.75, 3.05) is 30.4 Å². The van der Waals surface area contributed by atoms with Crippen LogP contribution >= 0.6 is 11.8 Å². The number of unbranched alkanes of at least 4 members (excludes halogenated alkanes) is 2. The van der Waals surface area contributed by atoms with E-state index in [0.29, 0.717) is 12.4 Å². The molecule has 0 saturated heterocycles. The molecule has 1 aromatic rings. The molecule has 5 nitrogen and oxygen atoms in total. The van der Waals surface area contributed by atoms with Crippen molar-refractivity contribution in [2.45, 2.75) is 37.5 Å². The summed E-state index contributed by atoms with van der Waals surface area (Å²) in [6, 6.07) is 3.10. The first kappa shape index (κ1) is 18.3. The zero-order valence-corrected chi connectivity index (χ0v) is 14.4. The highest BCUT2D eigenvalue weighted by atomic mass is 32.2. The maximum Gasteiger partial charge on any atom is 0.240 e. The van der Waals surface area contributed by atoms with Crippen LogP contribution in [0.25, 0.3) is 0 Å². The number of hydrogen-bond acceptors (Lipinski definition) is 5. The molecule has 0 saturated carbocycles. The Balaban J connectivity index is 2.49. The van der Waals surface area contributed by atoms with Crippen LogP contribution in [-0.2, 0) is 10.0 Å². The molecular formula is C14H25N3O2S2. The molecule has 1 aromatic heterocycles. The number of aromatic nitrogens is 1. The molecule has 0 unspecified atom stereocenters. The Labute approximate surface area is 132 Å². The summed E-state index contributed by atoms with van der Waals surface area (Å²) in [5, 5.41) is 3.09. The van der Waals surface area contributed by atoms with Gasteiger partial charge >= 0.3 is 0 Å². The molecule has 0 aliphatic carbocycles. The predicted octanol–water partition coefficient (Wildman–Crippen LogP) is 2.72. The van der Waals surface area contributed by atoms with Gasteiger partial charge in [0.2, 0.25) is 10.0 Å². The highest BCUT2D eigenvalue weighted by Gasteiger charge is 2.13. The quantitative estimate of drug-likeness (QED) is 0.610. The Kier molecular flexibility index (Phi) is 8.72. The normalized spacial score (nSPS) is 11.5. The third-order valence-electron chi connectivity index (χ3n) is 2.92. The van der Waals surface area contributed by atoms with Crippen molar-refractivity contribution >= 4 is 27.6 Å². The molecule has 0 atom stereocenters. The van der Waals surface area contributed by atoms with Crippen molar-refractivity contribution in [2.24, 2.45) is 0 Å². The summed E-state index contributed by atoms with van der Waals surface area (Å²) >= 11 is 1.82. The van der Waals surface area contributed by atoms with Gasteiger partial charge in [0.1, 0.15) is 5.82 Å². The fraction of sp³-hybridized carbons (Fsp3) is 0.643. The van der Waals surface area contributed by atoms with Gasteiger partial charge in [-0.1, -0.05) is 13.3 Å². The van der Waals surface area contributed by atoms with Gasteiger partial charge in [0.25, 0.3) is 0 Å². The number of nitrogens with one attached hydrogen (secondary N) is 2. The fourth-order valence-electron chi connectivity index (χ4n) is 1.77. The Morgan fingerprint density at radius 3 is 2.76 bits per heavy atom. The largest absolute Gasteiger partial charge is 0.370 e. The summed E-state index contributed by atoms with van der Waals surface area (Å²) in [7, 11) is -3.44. The summed E-state index contributed by atoms with van der Waals surface area (Å²) < 4.78 is 27.0. The molecule has 0 fully saturated rings. The summed E-state index contributed by atoms with van der Waals surface area (Å²) in [5.74, 6) is 1.73. The highest BCUT2D eigenvalue weighted by molar-refractivity contribution is 7.98. The molecule has 7 heteroatoms. The monoisotopic (exact) mass is 331 g/mol. The van der Waals surface area contributed by atoms with Gasteiger partial charge in [-0.25, -0.2) is 18.1 Å². The summed E-state index contributed by atoms with van der Waals surface area (Å²) in [4.78, 5) is 4.38. The molecule has 0 radical (unpaired) electrons. The van der Waals surface area contributed by atoms with E-state index in [-0.39, 0.29) is 4.90 Å². The van der Waals surface area contributed by atoms with Crippen LogP contribution in [0.2, 0.25) is 0 Å². The second kappa shape index (κ2) is 10.0. The number of thioether (sulfide) groups is 1. The minimum atomic E-state index is -3.44. The number of nitrogens with zero attached hydrogens (tertiary/aromatic N) is 1. The summed E-state index contributed by atoms with van der Waals surface area (Å²) in [6.45, 7) is 3.31. The smallest absolute Gasteiger partial charge is 0.240 e. The van der Waals surface area contributed by atoms with Crippen molar-refractivity contribution < 1.29 is 8.42 Å². The second-order valence-corrected chi connectivity index (χ2v) is 7.51. The van der Waals surface area contributed by atoms with Crippen LogP contribution in [0.15, 0.2) is 23.2 Å². The first-order chi connectivity index (χ1) is 10.1. The van der Waals surface area contributed by atoms with Gasteiger partial charge in [0.15, 0.2) is 0 Å². The molecule has 2 N–H and O–H groups in total. The third kappa shape index (κ3) is 7.15. The van der Waals surface area contributed by atoms with E-state index in [1.54, 1.807) is 6.07 Å². The zero-order chi connectivity index (χ0) is 15.6. The van der Waals surface area contributed by atoms with E-state index in [9.17, 15) is 8.42 Å². The zero-order valence-electron chi connectivity index (χ0n) is 12.8. The minimum absolute atomic E-state index is 0.264. The van der Waals surface area contributed by atoms with Gasteiger partial charge in [-0.15, -0.1) is 0 Å². The van der Waals surface area contributed by atoms with Crippen LogP contribution in [0.4, 0.5) is 5.82 Å². The molecule has 0 aromatic carbocycles. The van der Waals surface area contributed by atoms with Gasteiger partial charge in [-0.05, 0) is 37.3 Å². The predicted molar refractivity (Wildman–Crippen MR) is 90.4 cm³/mol. The molecule has 0 amide bonds. The number of anilines is 1. The SMILES string of the molecule is CCCNc1cc(S(=O)(=O)NCCCCCSC)ccn1. The van der Waals surface area contributed by atoms with Crippen molar-refractivity contribution in [1.82, 2.24) is 9.71 Å². The lowest BCUT2D eigenvalue weighted by atomic mass is 10.2. The molecule has 0 aliphatic heterocycles. The van der Waals surface area contributed by atoms with Gasteiger partial charge < -0.3 is 5.32 Å². The Morgan fingerprint density at radius 2 is 2.05 bits per heavy atom. The standard InChI is InChI=1S/C14H25N3O2S2/c1-3-8-15-14-12-13(7-10-16-14)21(18,19)17-9-5-4-6-11-20-2/h7,10,12,17H,3-6,8-9,11H2,1-2H3,(H,15,16). The molecule has 21 heavy (non-hydrogen) atoms. The molecule has 0 spiro atoms. The average molecular weight is 332 g/mol. The van der Waals surface area contributed by atoms with Crippen molar-refractivity contribution in [3.63, 3.8) is 0 Å². The Bertz CT molecular complexity index is 507. The van der Waals surface area contributed by atoms with Crippen LogP contribution in [0.1, 0.15) is 32.6 Å².